The Hall–Kier alpha value is -4.43. The molecule has 0 aliphatic carbocycles. The molecule has 8 nitrogen and oxygen atoms in total. The van der Waals surface area contributed by atoms with Gasteiger partial charge in [0.15, 0.2) is 6.61 Å². The predicted molar refractivity (Wildman–Crippen MR) is 151 cm³/mol. The average molecular weight is 630 g/mol. The van der Waals surface area contributed by atoms with Gasteiger partial charge < -0.3 is 15.0 Å². The van der Waals surface area contributed by atoms with Crippen molar-refractivity contribution in [3.05, 3.63) is 104 Å². The molecule has 0 unspecified atom stereocenters. The van der Waals surface area contributed by atoms with E-state index in [1.165, 1.54) is 36.4 Å². The number of carbonyl (C=O) groups excluding carboxylic acids is 3. The first kappa shape index (κ1) is 28.7. The molecule has 6 rings (SSSR count). The van der Waals surface area contributed by atoms with Gasteiger partial charge in [-0.2, -0.15) is 13.2 Å². The predicted octanol–water partition coefficient (Wildman–Crippen LogP) is 5.41. The molecule has 220 valence electrons. The number of ether oxygens (including phenoxy) is 1. The fourth-order valence-electron chi connectivity index (χ4n) is 5.20. The molecule has 43 heavy (non-hydrogen) atoms. The SMILES string of the molecule is O=C(COc1cccc([C@@H]2c3sc(=O)[nH]c3S[C@H]3C(=O)N(c4ccccc4C(F)(F)F)C(=O)[C@@H]23)c1)Nc1ccc(F)cc1. The van der Waals surface area contributed by atoms with Crippen LogP contribution in [0.2, 0.25) is 0 Å². The molecule has 1 aromatic heterocycles. The molecular formula is C29H19F4N3O5S2. The Labute approximate surface area is 248 Å². The van der Waals surface area contributed by atoms with Gasteiger partial charge in [-0.1, -0.05) is 47.4 Å². The number of nitrogens with zero attached hydrogens (tertiary/aromatic N) is 1. The van der Waals surface area contributed by atoms with Crippen molar-refractivity contribution >= 4 is 52.2 Å². The minimum Gasteiger partial charge on any atom is -0.484 e. The minimum absolute atomic E-state index is 0.238. The number of aromatic nitrogens is 1. The van der Waals surface area contributed by atoms with Crippen molar-refractivity contribution in [2.24, 2.45) is 5.92 Å². The molecule has 2 N–H and O–H groups in total. The van der Waals surface area contributed by atoms with E-state index in [0.29, 0.717) is 26.1 Å². The summed E-state index contributed by atoms with van der Waals surface area (Å²) in [5.41, 5.74) is -0.838. The molecule has 0 radical (unpaired) electrons. The van der Waals surface area contributed by atoms with E-state index in [1.807, 2.05) is 0 Å². The normalized spacial score (nSPS) is 19.6. The van der Waals surface area contributed by atoms with E-state index in [2.05, 4.69) is 10.3 Å². The number of benzene rings is 3. The van der Waals surface area contributed by atoms with Crippen LogP contribution in [0, 0.1) is 11.7 Å². The van der Waals surface area contributed by atoms with Crippen LogP contribution in [0.1, 0.15) is 21.9 Å². The molecule has 0 saturated carbocycles. The summed E-state index contributed by atoms with van der Waals surface area (Å²) in [6.07, 6.45) is -4.81. The smallest absolute Gasteiger partial charge is 0.418 e. The zero-order valence-electron chi connectivity index (χ0n) is 21.7. The van der Waals surface area contributed by atoms with Crippen LogP contribution in [0.3, 0.4) is 0 Å². The molecule has 3 atom stereocenters. The summed E-state index contributed by atoms with van der Waals surface area (Å²) in [6.45, 7) is -0.407. The van der Waals surface area contributed by atoms with E-state index >= 15 is 0 Å². The topological polar surface area (TPSA) is 109 Å². The van der Waals surface area contributed by atoms with Gasteiger partial charge in [-0.3, -0.25) is 19.2 Å². The van der Waals surface area contributed by atoms with Crippen molar-refractivity contribution in [3.8, 4) is 5.75 Å². The highest BCUT2D eigenvalue weighted by Gasteiger charge is 2.57. The van der Waals surface area contributed by atoms with Crippen LogP contribution in [-0.2, 0) is 20.6 Å². The lowest BCUT2D eigenvalue weighted by atomic mass is 9.83. The fourth-order valence-corrected chi connectivity index (χ4v) is 7.71. The van der Waals surface area contributed by atoms with E-state index in [9.17, 15) is 36.7 Å². The summed E-state index contributed by atoms with van der Waals surface area (Å²) in [5, 5.41) is 1.84. The van der Waals surface area contributed by atoms with Crippen LogP contribution in [0.25, 0.3) is 0 Å². The average Bonchev–Trinajstić information content (AvgIpc) is 3.46. The van der Waals surface area contributed by atoms with Gasteiger partial charge in [0, 0.05) is 16.5 Å². The monoisotopic (exact) mass is 629 g/mol. The van der Waals surface area contributed by atoms with Gasteiger partial charge in [0.2, 0.25) is 11.8 Å². The number of amides is 3. The zero-order valence-corrected chi connectivity index (χ0v) is 23.3. The van der Waals surface area contributed by atoms with Crippen LogP contribution in [0.5, 0.6) is 5.75 Å². The Morgan fingerprint density at radius 3 is 2.47 bits per heavy atom. The Bertz CT molecular complexity index is 1800. The highest BCUT2D eigenvalue weighted by molar-refractivity contribution is 8.00. The van der Waals surface area contributed by atoms with E-state index in [1.54, 1.807) is 24.3 Å². The third-order valence-corrected chi connectivity index (χ3v) is 9.39. The molecule has 3 amide bonds. The summed E-state index contributed by atoms with van der Waals surface area (Å²) >= 11 is 1.80. The molecule has 2 aliphatic rings. The standard InChI is InChI=1S/C29H19F4N3O5S2/c30-15-8-10-16(11-9-15)34-20(37)13-41-17-5-3-4-14(12-17)21-22-24(42-25-23(21)43-28(40)35-25)27(39)36(26(22)38)19-7-2-1-6-18(19)29(31,32)33/h1-12,21-22,24H,13H2,(H,34,37)(H,35,40)/t21-,22-,24+/m0/s1. The highest BCUT2D eigenvalue weighted by atomic mass is 32.2. The number of thiazole rings is 1. The Morgan fingerprint density at radius 1 is 0.977 bits per heavy atom. The summed E-state index contributed by atoms with van der Waals surface area (Å²) in [5.74, 6) is -4.35. The third-order valence-electron chi connectivity index (χ3n) is 6.99. The molecule has 0 bridgehead atoms. The second-order valence-corrected chi connectivity index (χ2v) is 11.9. The second kappa shape index (κ2) is 11.0. The van der Waals surface area contributed by atoms with Crippen molar-refractivity contribution in [3.63, 3.8) is 0 Å². The number of imide groups is 1. The fraction of sp³-hybridized carbons (Fsp3) is 0.172. The lowest BCUT2D eigenvalue weighted by molar-refractivity contribution is -0.137. The van der Waals surface area contributed by atoms with E-state index in [0.717, 1.165) is 35.2 Å². The number of hydrogen-bond donors (Lipinski definition) is 2. The zero-order chi connectivity index (χ0) is 30.5. The molecule has 0 spiro atoms. The van der Waals surface area contributed by atoms with Gasteiger partial charge >= 0.3 is 11.0 Å². The number of fused-ring (bicyclic) bond motifs is 2. The van der Waals surface area contributed by atoms with Crippen LogP contribution >= 0.6 is 23.1 Å². The molecular weight excluding hydrogens is 610 g/mol. The summed E-state index contributed by atoms with van der Waals surface area (Å²) in [7, 11) is 0. The van der Waals surface area contributed by atoms with Crippen molar-refractivity contribution in [1.82, 2.24) is 4.98 Å². The van der Waals surface area contributed by atoms with Crippen LogP contribution < -0.4 is 19.8 Å². The summed E-state index contributed by atoms with van der Waals surface area (Å²) in [4.78, 5) is 55.5. The summed E-state index contributed by atoms with van der Waals surface area (Å²) in [6, 6.07) is 15.9. The van der Waals surface area contributed by atoms with Gasteiger partial charge in [0.05, 0.1) is 22.2 Å². The van der Waals surface area contributed by atoms with Crippen molar-refractivity contribution in [2.75, 3.05) is 16.8 Å². The summed E-state index contributed by atoms with van der Waals surface area (Å²) < 4.78 is 60.3. The maximum Gasteiger partial charge on any atom is 0.418 e. The number of carbonyl (C=O) groups is 3. The number of nitrogens with one attached hydrogen (secondary N) is 2. The van der Waals surface area contributed by atoms with Crippen molar-refractivity contribution in [2.45, 2.75) is 22.4 Å². The largest absolute Gasteiger partial charge is 0.484 e. The Kier molecular flexibility index (Phi) is 7.34. The molecule has 1 fully saturated rings. The van der Waals surface area contributed by atoms with Gasteiger partial charge in [0.1, 0.15) is 16.8 Å². The molecule has 1 saturated heterocycles. The van der Waals surface area contributed by atoms with Crippen molar-refractivity contribution in [1.29, 1.82) is 0 Å². The van der Waals surface area contributed by atoms with E-state index in [4.69, 9.17) is 4.74 Å². The number of thioether (sulfide) groups is 1. The van der Waals surface area contributed by atoms with Crippen LogP contribution in [-0.4, -0.2) is 34.6 Å². The number of hydrogen-bond acceptors (Lipinski definition) is 7. The maximum absolute atomic E-state index is 13.9. The number of H-pyrrole nitrogens is 1. The molecule has 3 aromatic carbocycles. The minimum atomic E-state index is -4.81. The number of anilines is 2. The first-order valence-electron chi connectivity index (χ1n) is 12.7. The number of rotatable bonds is 6. The number of halogens is 4. The van der Waals surface area contributed by atoms with Crippen LogP contribution in [0.4, 0.5) is 28.9 Å². The Morgan fingerprint density at radius 2 is 1.72 bits per heavy atom. The maximum atomic E-state index is 13.9. The molecule has 4 aromatic rings. The van der Waals surface area contributed by atoms with E-state index in [-0.39, 0.29) is 5.75 Å². The van der Waals surface area contributed by atoms with E-state index < -0.39 is 69.5 Å². The van der Waals surface area contributed by atoms with Gasteiger partial charge in [-0.25, -0.2) is 9.29 Å². The van der Waals surface area contributed by atoms with Gasteiger partial charge in [0.25, 0.3) is 5.91 Å². The first-order valence-corrected chi connectivity index (χ1v) is 14.4. The quantitative estimate of drug-likeness (QED) is 0.218. The molecule has 2 aliphatic heterocycles. The number of para-hydroxylation sites is 1. The first-order chi connectivity index (χ1) is 20.5. The molecule has 14 heteroatoms. The van der Waals surface area contributed by atoms with Crippen molar-refractivity contribution < 1.29 is 36.7 Å². The number of alkyl halides is 3. The number of aromatic amines is 1. The molecule has 3 heterocycles. The Balaban J connectivity index is 1.31. The third kappa shape index (κ3) is 5.43. The second-order valence-electron chi connectivity index (χ2n) is 9.69. The lowest BCUT2D eigenvalue weighted by Crippen LogP contribution is -2.33. The van der Waals surface area contributed by atoms with Gasteiger partial charge in [-0.15, -0.1) is 0 Å². The van der Waals surface area contributed by atoms with Gasteiger partial charge in [-0.05, 0) is 54.1 Å². The lowest BCUT2D eigenvalue weighted by Gasteiger charge is -2.30. The highest BCUT2D eigenvalue weighted by Crippen LogP contribution is 2.54. The van der Waals surface area contributed by atoms with Crippen LogP contribution in [0.15, 0.2) is 82.6 Å².